The Morgan fingerprint density at radius 2 is 1.89 bits per heavy atom. The number of carbonyl (C=O) groups is 1. The van der Waals surface area contributed by atoms with Crippen molar-refractivity contribution in [1.82, 2.24) is 4.90 Å². The number of carbonyl (C=O) groups excluding carboxylic acids is 1. The maximum atomic E-state index is 11.7. The molecule has 0 bridgehead atoms. The molecular formula is C16H19NO2. The molecule has 0 aliphatic carbocycles. The summed E-state index contributed by atoms with van der Waals surface area (Å²) in [5, 5.41) is 0. The van der Waals surface area contributed by atoms with E-state index in [1.807, 2.05) is 56.4 Å². The average molecular weight is 257 g/mol. The van der Waals surface area contributed by atoms with Crippen LogP contribution in [0.2, 0.25) is 0 Å². The third-order valence-corrected chi connectivity index (χ3v) is 3.21. The third-order valence-electron chi connectivity index (χ3n) is 3.21. The van der Waals surface area contributed by atoms with Gasteiger partial charge in [0.25, 0.3) is 0 Å². The van der Waals surface area contributed by atoms with Crippen LogP contribution in [0.25, 0.3) is 11.3 Å². The van der Waals surface area contributed by atoms with E-state index < -0.39 is 0 Å². The van der Waals surface area contributed by atoms with Crippen molar-refractivity contribution in [2.45, 2.75) is 19.8 Å². The Labute approximate surface area is 113 Å². The Hall–Kier alpha value is -2.03. The summed E-state index contributed by atoms with van der Waals surface area (Å²) in [7, 11) is 1.82. The maximum absolute atomic E-state index is 11.7. The van der Waals surface area contributed by atoms with Crippen molar-refractivity contribution in [2.75, 3.05) is 13.6 Å². The van der Waals surface area contributed by atoms with Gasteiger partial charge in [-0.05, 0) is 19.1 Å². The van der Waals surface area contributed by atoms with Crippen molar-refractivity contribution in [3.05, 3.63) is 48.2 Å². The molecule has 1 heterocycles. The van der Waals surface area contributed by atoms with Crippen molar-refractivity contribution in [1.29, 1.82) is 0 Å². The van der Waals surface area contributed by atoms with E-state index in [2.05, 4.69) is 0 Å². The van der Waals surface area contributed by atoms with Crippen LogP contribution in [-0.4, -0.2) is 24.4 Å². The second kappa shape index (κ2) is 6.23. The van der Waals surface area contributed by atoms with Crippen molar-refractivity contribution in [2.24, 2.45) is 0 Å². The van der Waals surface area contributed by atoms with E-state index in [1.165, 1.54) is 0 Å². The SMILES string of the molecule is CCN(C)C(=O)CCc1ccc(-c2ccccc2)o1. The minimum Gasteiger partial charge on any atom is -0.461 e. The van der Waals surface area contributed by atoms with Gasteiger partial charge in [0.15, 0.2) is 0 Å². The Bertz CT molecular complexity index is 531. The average Bonchev–Trinajstić information content (AvgIpc) is 2.93. The first-order valence-corrected chi connectivity index (χ1v) is 6.59. The third kappa shape index (κ3) is 3.47. The molecule has 0 radical (unpaired) electrons. The van der Waals surface area contributed by atoms with Crippen LogP contribution in [0.3, 0.4) is 0 Å². The van der Waals surface area contributed by atoms with Crippen LogP contribution in [0.1, 0.15) is 19.1 Å². The van der Waals surface area contributed by atoms with Gasteiger partial charge in [0, 0.05) is 32.0 Å². The van der Waals surface area contributed by atoms with Crippen LogP contribution in [0, 0.1) is 0 Å². The van der Waals surface area contributed by atoms with Crippen LogP contribution >= 0.6 is 0 Å². The van der Waals surface area contributed by atoms with Gasteiger partial charge in [-0.3, -0.25) is 4.79 Å². The molecule has 3 heteroatoms. The van der Waals surface area contributed by atoms with Crippen LogP contribution in [0.15, 0.2) is 46.9 Å². The highest BCUT2D eigenvalue weighted by molar-refractivity contribution is 5.76. The lowest BCUT2D eigenvalue weighted by molar-refractivity contribution is -0.129. The van der Waals surface area contributed by atoms with Crippen LogP contribution in [0.5, 0.6) is 0 Å². The summed E-state index contributed by atoms with van der Waals surface area (Å²) in [6, 6.07) is 13.9. The largest absolute Gasteiger partial charge is 0.461 e. The minimum atomic E-state index is 0.153. The number of hydrogen-bond donors (Lipinski definition) is 0. The highest BCUT2D eigenvalue weighted by Crippen LogP contribution is 2.22. The topological polar surface area (TPSA) is 33.5 Å². The molecular weight excluding hydrogens is 238 g/mol. The molecule has 0 spiro atoms. The van der Waals surface area contributed by atoms with Gasteiger partial charge >= 0.3 is 0 Å². The smallest absolute Gasteiger partial charge is 0.222 e. The van der Waals surface area contributed by atoms with E-state index in [9.17, 15) is 4.79 Å². The highest BCUT2D eigenvalue weighted by atomic mass is 16.3. The lowest BCUT2D eigenvalue weighted by atomic mass is 10.2. The number of hydrogen-bond acceptors (Lipinski definition) is 2. The molecule has 2 aromatic rings. The fourth-order valence-corrected chi connectivity index (χ4v) is 1.87. The lowest BCUT2D eigenvalue weighted by Crippen LogP contribution is -2.26. The van der Waals surface area contributed by atoms with Gasteiger partial charge in [-0.15, -0.1) is 0 Å². The number of rotatable bonds is 5. The zero-order valence-corrected chi connectivity index (χ0v) is 11.4. The molecule has 100 valence electrons. The molecule has 1 amide bonds. The molecule has 0 saturated carbocycles. The molecule has 3 nitrogen and oxygen atoms in total. The number of aryl methyl sites for hydroxylation is 1. The normalized spacial score (nSPS) is 10.4. The zero-order valence-electron chi connectivity index (χ0n) is 11.4. The summed E-state index contributed by atoms with van der Waals surface area (Å²) >= 11 is 0. The summed E-state index contributed by atoms with van der Waals surface area (Å²) in [6.45, 7) is 2.71. The summed E-state index contributed by atoms with van der Waals surface area (Å²) in [5.41, 5.74) is 1.06. The van der Waals surface area contributed by atoms with E-state index >= 15 is 0 Å². The van der Waals surface area contributed by atoms with Gasteiger partial charge in [0.1, 0.15) is 11.5 Å². The van der Waals surface area contributed by atoms with E-state index in [0.717, 1.165) is 23.6 Å². The first-order valence-electron chi connectivity index (χ1n) is 6.59. The second-order valence-electron chi connectivity index (χ2n) is 4.54. The minimum absolute atomic E-state index is 0.153. The lowest BCUT2D eigenvalue weighted by Gasteiger charge is -2.13. The van der Waals surface area contributed by atoms with E-state index in [0.29, 0.717) is 12.8 Å². The van der Waals surface area contributed by atoms with Gasteiger partial charge in [-0.2, -0.15) is 0 Å². The fraction of sp³-hybridized carbons (Fsp3) is 0.312. The number of amides is 1. The summed E-state index contributed by atoms with van der Waals surface area (Å²) < 4.78 is 5.76. The van der Waals surface area contributed by atoms with Crippen LogP contribution in [-0.2, 0) is 11.2 Å². The first-order chi connectivity index (χ1) is 9.20. The van der Waals surface area contributed by atoms with Gasteiger partial charge in [-0.1, -0.05) is 30.3 Å². The molecule has 1 aromatic heterocycles. The Kier molecular flexibility index (Phi) is 4.39. The van der Waals surface area contributed by atoms with Crippen molar-refractivity contribution < 1.29 is 9.21 Å². The predicted octanol–water partition coefficient (Wildman–Crippen LogP) is 3.36. The molecule has 0 unspecified atom stereocenters. The Morgan fingerprint density at radius 3 is 2.58 bits per heavy atom. The molecule has 0 aliphatic rings. The zero-order chi connectivity index (χ0) is 13.7. The van der Waals surface area contributed by atoms with Gasteiger partial charge in [-0.25, -0.2) is 0 Å². The van der Waals surface area contributed by atoms with Crippen molar-refractivity contribution >= 4 is 5.91 Å². The molecule has 0 fully saturated rings. The van der Waals surface area contributed by atoms with Crippen LogP contribution in [0.4, 0.5) is 0 Å². The molecule has 0 atom stereocenters. The molecule has 2 rings (SSSR count). The fourth-order valence-electron chi connectivity index (χ4n) is 1.87. The maximum Gasteiger partial charge on any atom is 0.222 e. The molecule has 19 heavy (non-hydrogen) atoms. The molecule has 1 aromatic carbocycles. The quantitative estimate of drug-likeness (QED) is 0.823. The first kappa shape index (κ1) is 13.4. The van der Waals surface area contributed by atoms with E-state index in [4.69, 9.17) is 4.42 Å². The monoisotopic (exact) mass is 257 g/mol. The van der Waals surface area contributed by atoms with Crippen molar-refractivity contribution in [3.8, 4) is 11.3 Å². The van der Waals surface area contributed by atoms with Crippen LogP contribution < -0.4 is 0 Å². The number of benzene rings is 1. The summed E-state index contributed by atoms with van der Waals surface area (Å²) in [6.07, 6.45) is 1.14. The second-order valence-corrected chi connectivity index (χ2v) is 4.54. The van der Waals surface area contributed by atoms with Gasteiger partial charge in [0.05, 0.1) is 0 Å². The summed E-state index contributed by atoms with van der Waals surface area (Å²) in [5.74, 6) is 1.86. The number of furan rings is 1. The highest BCUT2D eigenvalue weighted by Gasteiger charge is 2.09. The van der Waals surface area contributed by atoms with Gasteiger partial charge in [0.2, 0.25) is 5.91 Å². The van der Waals surface area contributed by atoms with Crippen molar-refractivity contribution in [3.63, 3.8) is 0 Å². The summed E-state index contributed by atoms with van der Waals surface area (Å²) in [4.78, 5) is 13.4. The predicted molar refractivity (Wildman–Crippen MR) is 75.8 cm³/mol. The molecule has 0 N–H and O–H groups in total. The van der Waals surface area contributed by atoms with Gasteiger partial charge < -0.3 is 9.32 Å². The molecule has 0 aliphatic heterocycles. The van der Waals surface area contributed by atoms with E-state index in [-0.39, 0.29) is 5.91 Å². The Morgan fingerprint density at radius 1 is 1.16 bits per heavy atom. The Balaban J connectivity index is 1.97. The molecule has 0 saturated heterocycles. The number of nitrogens with zero attached hydrogens (tertiary/aromatic N) is 1. The van der Waals surface area contributed by atoms with E-state index in [1.54, 1.807) is 4.90 Å². The standard InChI is InChI=1S/C16H19NO2/c1-3-17(2)16(18)12-10-14-9-11-15(19-14)13-7-5-4-6-8-13/h4-9,11H,3,10,12H2,1-2H3.